The van der Waals surface area contributed by atoms with E-state index in [4.69, 9.17) is 4.98 Å². The Morgan fingerprint density at radius 2 is 1.26 bits per heavy atom. The Bertz CT molecular complexity index is 1570. The van der Waals surface area contributed by atoms with Crippen LogP contribution in [0.3, 0.4) is 0 Å². The third-order valence-electron chi connectivity index (χ3n) is 6.89. The fourth-order valence-corrected chi connectivity index (χ4v) is 5.68. The van der Waals surface area contributed by atoms with Crippen molar-refractivity contribution >= 4 is 31.9 Å². The Balaban J connectivity index is 1.56. The first-order valence-electron chi connectivity index (χ1n) is 11.6. The minimum absolute atomic E-state index is 0.0964. The van der Waals surface area contributed by atoms with Crippen molar-refractivity contribution in [3.63, 3.8) is 0 Å². The molecule has 0 bridgehead atoms. The summed E-state index contributed by atoms with van der Waals surface area (Å²) in [6.07, 6.45) is 1.81. The highest BCUT2D eigenvalue weighted by molar-refractivity contribution is 9.10. The lowest BCUT2D eigenvalue weighted by atomic mass is 9.81. The van der Waals surface area contributed by atoms with Crippen molar-refractivity contribution in [1.29, 1.82) is 0 Å². The van der Waals surface area contributed by atoms with Crippen LogP contribution >= 0.6 is 31.9 Å². The van der Waals surface area contributed by atoms with Crippen LogP contribution in [0, 0.1) is 0 Å². The molecule has 2 nitrogen and oxygen atoms in total. The van der Waals surface area contributed by atoms with Crippen molar-refractivity contribution in [3.05, 3.63) is 117 Å². The Kier molecular flexibility index (Phi) is 5.46. The third-order valence-corrected chi connectivity index (χ3v) is 7.91. The maximum Gasteiger partial charge on any atom is 0.0894 e. The van der Waals surface area contributed by atoms with Crippen molar-refractivity contribution in [2.75, 3.05) is 0 Å². The molecule has 0 fully saturated rings. The third kappa shape index (κ3) is 3.85. The van der Waals surface area contributed by atoms with Crippen molar-refractivity contribution in [3.8, 4) is 44.9 Å². The highest BCUT2D eigenvalue weighted by atomic mass is 79.9. The van der Waals surface area contributed by atoms with E-state index in [-0.39, 0.29) is 5.41 Å². The molecule has 0 saturated carbocycles. The van der Waals surface area contributed by atoms with Crippen LogP contribution in [0.2, 0.25) is 0 Å². The first-order chi connectivity index (χ1) is 16.9. The van der Waals surface area contributed by atoms with Crippen LogP contribution in [0.4, 0.5) is 0 Å². The van der Waals surface area contributed by atoms with E-state index in [9.17, 15) is 0 Å². The first kappa shape index (κ1) is 22.4. The molecular weight excluding hydrogens is 560 g/mol. The summed E-state index contributed by atoms with van der Waals surface area (Å²) >= 11 is 7.23. The standard InChI is InChI=1S/C31H22Br2N2/c1-31(2)26-17-20(8-12-24(26)25-13-11-22(33)18-27(25)31)30-23(19-6-9-21(32)10-7-19)14-15-29(35-30)28-5-3-4-16-34-28/h3-18H,1-2H3. The maximum atomic E-state index is 5.17. The molecule has 6 rings (SSSR count). The minimum atomic E-state index is -0.0964. The normalized spacial score (nSPS) is 13.4. The zero-order chi connectivity index (χ0) is 24.2. The summed E-state index contributed by atoms with van der Waals surface area (Å²) in [7, 11) is 0. The molecular formula is C31H22Br2N2. The van der Waals surface area contributed by atoms with Crippen LogP contribution in [0.1, 0.15) is 25.0 Å². The smallest absolute Gasteiger partial charge is 0.0894 e. The number of aromatic nitrogens is 2. The topological polar surface area (TPSA) is 25.8 Å². The number of pyridine rings is 2. The van der Waals surface area contributed by atoms with Gasteiger partial charge in [-0.15, -0.1) is 0 Å². The summed E-state index contributed by atoms with van der Waals surface area (Å²) in [6, 6.07) is 32.0. The predicted molar refractivity (Wildman–Crippen MR) is 151 cm³/mol. The van der Waals surface area contributed by atoms with Gasteiger partial charge < -0.3 is 0 Å². The Labute approximate surface area is 222 Å². The molecule has 0 unspecified atom stereocenters. The highest BCUT2D eigenvalue weighted by Gasteiger charge is 2.35. The summed E-state index contributed by atoms with van der Waals surface area (Å²) in [4.78, 5) is 9.71. The van der Waals surface area contributed by atoms with Gasteiger partial charge in [0.15, 0.2) is 0 Å². The molecule has 170 valence electrons. The molecule has 5 aromatic rings. The van der Waals surface area contributed by atoms with Crippen molar-refractivity contribution in [1.82, 2.24) is 9.97 Å². The zero-order valence-corrected chi connectivity index (χ0v) is 22.6. The van der Waals surface area contributed by atoms with Gasteiger partial charge in [0.05, 0.1) is 17.1 Å². The molecule has 2 aromatic heterocycles. The largest absolute Gasteiger partial charge is 0.255 e. The molecule has 0 spiro atoms. The lowest BCUT2D eigenvalue weighted by Gasteiger charge is -2.22. The van der Waals surface area contributed by atoms with E-state index in [1.165, 1.54) is 22.3 Å². The number of halogens is 2. The predicted octanol–water partition coefficient (Wildman–Crippen LogP) is 9.31. The molecule has 35 heavy (non-hydrogen) atoms. The van der Waals surface area contributed by atoms with Gasteiger partial charge in [-0.1, -0.05) is 82.1 Å². The zero-order valence-electron chi connectivity index (χ0n) is 19.4. The van der Waals surface area contributed by atoms with Gasteiger partial charge in [-0.05, 0) is 82.4 Å². The van der Waals surface area contributed by atoms with Gasteiger partial charge in [-0.25, -0.2) is 4.98 Å². The van der Waals surface area contributed by atoms with Gasteiger partial charge in [0, 0.05) is 31.7 Å². The minimum Gasteiger partial charge on any atom is -0.255 e. The molecule has 2 heterocycles. The van der Waals surface area contributed by atoms with Crippen LogP contribution in [0.5, 0.6) is 0 Å². The molecule has 1 aliphatic carbocycles. The van der Waals surface area contributed by atoms with E-state index in [1.54, 1.807) is 0 Å². The Morgan fingerprint density at radius 3 is 2.00 bits per heavy atom. The second-order valence-electron chi connectivity index (χ2n) is 9.39. The number of benzene rings is 3. The number of nitrogens with zero attached hydrogens (tertiary/aromatic N) is 2. The quantitative estimate of drug-likeness (QED) is 0.212. The first-order valence-corrected chi connectivity index (χ1v) is 13.1. The van der Waals surface area contributed by atoms with Gasteiger partial charge in [-0.3, -0.25) is 4.98 Å². The summed E-state index contributed by atoms with van der Waals surface area (Å²) in [5.41, 5.74) is 11.2. The van der Waals surface area contributed by atoms with E-state index in [0.29, 0.717) is 0 Å². The molecule has 1 aliphatic rings. The fraction of sp³-hybridized carbons (Fsp3) is 0.0968. The van der Waals surface area contributed by atoms with Crippen molar-refractivity contribution < 1.29 is 0 Å². The Hall–Kier alpha value is -3.08. The number of hydrogen-bond donors (Lipinski definition) is 0. The summed E-state index contributed by atoms with van der Waals surface area (Å²) in [6.45, 7) is 4.61. The van der Waals surface area contributed by atoms with Crippen LogP contribution in [-0.2, 0) is 5.41 Å². The molecule has 0 amide bonds. The number of rotatable bonds is 3. The van der Waals surface area contributed by atoms with Crippen LogP contribution in [-0.4, -0.2) is 9.97 Å². The second-order valence-corrected chi connectivity index (χ2v) is 11.2. The lowest BCUT2D eigenvalue weighted by molar-refractivity contribution is 0.660. The van der Waals surface area contributed by atoms with Crippen molar-refractivity contribution in [2.24, 2.45) is 0 Å². The molecule has 4 heteroatoms. The van der Waals surface area contributed by atoms with Crippen LogP contribution in [0.25, 0.3) is 44.9 Å². The lowest BCUT2D eigenvalue weighted by Crippen LogP contribution is -2.15. The van der Waals surface area contributed by atoms with E-state index in [1.807, 2.05) is 24.4 Å². The van der Waals surface area contributed by atoms with Crippen molar-refractivity contribution in [2.45, 2.75) is 19.3 Å². The van der Waals surface area contributed by atoms with E-state index in [2.05, 4.69) is 123 Å². The number of hydrogen-bond acceptors (Lipinski definition) is 2. The van der Waals surface area contributed by atoms with Gasteiger partial charge in [0.1, 0.15) is 0 Å². The highest BCUT2D eigenvalue weighted by Crippen LogP contribution is 2.50. The molecule has 0 atom stereocenters. The van der Waals surface area contributed by atoms with Gasteiger partial charge in [0.2, 0.25) is 0 Å². The monoisotopic (exact) mass is 580 g/mol. The molecule has 0 N–H and O–H groups in total. The average molecular weight is 582 g/mol. The summed E-state index contributed by atoms with van der Waals surface area (Å²) in [5, 5.41) is 0. The average Bonchev–Trinajstić information content (AvgIpc) is 3.10. The number of fused-ring (bicyclic) bond motifs is 3. The van der Waals surface area contributed by atoms with Gasteiger partial charge >= 0.3 is 0 Å². The van der Waals surface area contributed by atoms with Gasteiger partial charge in [-0.2, -0.15) is 0 Å². The van der Waals surface area contributed by atoms with Crippen LogP contribution in [0.15, 0.2) is 106 Å². The van der Waals surface area contributed by atoms with E-state index >= 15 is 0 Å². The molecule has 3 aromatic carbocycles. The fourth-order valence-electron chi connectivity index (χ4n) is 5.06. The molecule has 0 saturated heterocycles. The Morgan fingerprint density at radius 1 is 0.600 bits per heavy atom. The summed E-state index contributed by atoms with van der Waals surface area (Å²) < 4.78 is 2.17. The second kappa shape index (κ2) is 8.54. The van der Waals surface area contributed by atoms with Gasteiger partial charge in [0.25, 0.3) is 0 Å². The van der Waals surface area contributed by atoms with E-state index in [0.717, 1.165) is 42.7 Å². The molecule has 0 aliphatic heterocycles. The van der Waals surface area contributed by atoms with Crippen LogP contribution < -0.4 is 0 Å². The summed E-state index contributed by atoms with van der Waals surface area (Å²) in [5.74, 6) is 0. The maximum absolute atomic E-state index is 5.17. The molecule has 0 radical (unpaired) electrons. The van der Waals surface area contributed by atoms with E-state index < -0.39 is 0 Å². The SMILES string of the molecule is CC1(C)c2cc(Br)ccc2-c2ccc(-c3nc(-c4ccccn4)ccc3-c3ccc(Br)cc3)cc21.